The lowest BCUT2D eigenvalue weighted by Gasteiger charge is -2.19. The lowest BCUT2D eigenvalue weighted by Crippen LogP contribution is -2.25. The fourth-order valence-electron chi connectivity index (χ4n) is 1.56. The molecule has 0 amide bonds. The maximum atomic E-state index is 2.50. The fourth-order valence-corrected chi connectivity index (χ4v) is 1.56. The molecule has 0 radical (unpaired) electrons. The number of hydrogen-bond acceptors (Lipinski definition) is 1. The summed E-state index contributed by atoms with van der Waals surface area (Å²) in [5, 5.41) is 0. The number of hydrogen-bond donors (Lipinski definition) is 0. The largest absolute Gasteiger partial charge is 0.296 e. The molecule has 1 atom stereocenters. The Kier molecular flexibility index (Phi) is 0.908. The maximum absolute atomic E-state index is 2.50. The van der Waals surface area contributed by atoms with Gasteiger partial charge in [0.15, 0.2) is 0 Å². The Balaban J connectivity index is 2.15. The summed E-state index contributed by atoms with van der Waals surface area (Å²) in [6.07, 6.45) is 5.15. The zero-order chi connectivity index (χ0) is 5.40. The van der Waals surface area contributed by atoms with E-state index >= 15 is 0 Å². The molecule has 0 spiro atoms. The number of fused-ring (bicyclic) bond motifs is 2. The molecule has 0 aromatic heterocycles. The van der Waals surface area contributed by atoms with Crippen LogP contribution in [0, 0.1) is 0 Å². The van der Waals surface area contributed by atoms with Crippen LogP contribution in [0.2, 0.25) is 0 Å². The first-order valence-corrected chi connectivity index (χ1v) is 3.35. The summed E-state index contributed by atoms with van der Waals surface area (Å²) in [5.41, 5.74) is 1.68. The van der Waals surface area contributed by atoms with Crippen molar-refractivity contribution < 1.29 is 0 Å². The van der Waals surface area contributed by atoms with Crippen LogP contribution in [0.15, 0.2) is 11.6 Å². The molecular weight excluding hydrogens is 98.1 g/mol. The molecule has 2 bridgehead atoms. The zero-order valence-corrected chi connectivity index (χ0v) is 5.06. The average Bonchev–Trinajstić information content (AvgIpc) is 2.12. The van der Waals surface area contributed by atoms with E-state index in [9.17, 15) is 0 Å². The predicted octanol–water partition coefficient (Wildman–Crippen LogP) is 1.02. The molecule has 2 aliphatic rings. The first-order chi connectivity index (χ1) is 3.95. The number of nitrogens with zero attached hydrogens (tertiary/aromatic N) is 1. The van der Waals surface area contributed by atoms with E-state index in [2.05, 4.69) is 11.0 Å². The molecule has 0 aromatic carbocycles. The van der Waals surface area contributed by atoms with Crippen molar-refractivity contribution in [2.45, 2.75) is 12.8 Å². The lowest BCUT2D eigenvalue weighted by molar-refractivity contribution is 0.318. The highest BCUT2D eigenvalue weighted by atomic mass is 15.1. The summed E-state index contributed by atoms with van der Waals surface area (Å²) < 4.78 is 0. The normalized spacial score (nSPS) is 35.0. The highest BCUT2D eigenvalue weighted by molar-refractivity contribution is 5.13. The van der Waals surface area contributed by atoms with Crippen molar-refractivity contribution in [3.63, 3.8) is 0 Å². The third-order valence-electron chi connectivity index (χ3n) is 2.04. The molecule has 2 heterocycles. The third kappa shape index (κ3) is 0.583. The van der Waals surface area contributed by atoms with Gasteiger partial charge < -0.3 is 0 Å². The van der Waals surface area contributed by atoms with E-state index in [0.29, 0.717) is 0 Å². The van der Waals surface area contributed by atoms with Crippen LogP contribution in [0.25, 0.3) is 0 Å². The smallest absolute Gasteiger partial charge is 0.0196 e. The van der Waals surface area contributed by atoms with E-state index in [0.717, 1.165) is 0 Å². The summed E-state index contributed by atoms with van der Waals surface area (Å²) in [4.78, 5) is 2.50. The molecule has 8 heavy (non-hydrogen) atoms. The summed E-state index contributed by atoms with van der Waals surface area (Å²) in [7, 11) is 0. The van der Waals surface area contributed by atoms with Crippen LogP contribution in [0.1, 0.15) is 12.8 Å². The molecule has 1 nitrogen and oxygen atoms in total. The van der Waals surface area contributed by atoms with Crippen LogP contribution in [0.5, 0.6) is 0 Å². The van der Waals surface area contributed by atoms with Crippen molar-refractivity contribution >= 4 is 0 Å². The van der Waals surface area contributed by atoms with Crippen molar-refractivity contribution in [1.82, 2.24) is 4.90 Å². The zero-order valence-electron chi connectivity index (χ0n) is 5.06. The third-order valence-corrected chi connectivity index (χ3v) is 2.04. The number of rotatable bonds is 0. The Morgan fingerprint density at radius 2 is 2.50 bits per heavy atom. The van der Waals surface area contributed by atoms with Gasteiger partial charge in [-0.05, 0) is 19.4 Å². The Hall–Kier alpha value is -0.300. The Labute approximate surface area is 50.0 Å². The Morgan fingerprint density at radius 3 is 3.25 bits per heavy atom. The minimum absolute atomic E-state index is 1.23. The molecule has 0 saturated carbocycles. The average molecular weight is 109 g/mol. The topological polar surface area (TPSA) is 3.24 Å². The van der Waals surface area contributed by atoms with Gasteiger partial charge in [-0.25, -0.2) is 0 Å². The van der Waals surface area contributed by atoms with Crippen molar-refractivity contribution in [3.8, 4) is 0 Å². The van der Waals surface area contributed by atoms with E-state index in [1.807, 2.05) is 0 Å². The molecule has 0 N–H and O–H groups in total. The minimum Gasteiger partial charge on any atom is -0.296 e. The van der Waals surface area contributed by atoms with Crippen LogP contribution < -0.4 is 0 Å². The van der Waals surface area contributed by atoms with Gasteiger partial charge in [0.2, 0.25) is 0 Å². The van der Waals surface area contributed by atoms with E-state index in [1.54, 1.807) is 5.57 Å². The summed E-state index contributed by atoms with van der Waals surface area (Å²) >= 11 is 0. The lowest BCUT2D eigenvalue weighted by atomic mass is 10.1. The van der Waals surface area contributed by atoms with Crippen molar-refractivity contribution in [2.24, 2.45) is 0 Å². The van der Waals surface area contributed by atoms with Crippen molar-refractivity contribution in [3.05, 3.63) is 11.6 Å². The predicted molar refractivity (Wildman–Crippen MR) is 33.8 cm³/mol. The highest BCUT2D eigenvalue weighted by Gasteiger charge is 2.17. The van der Waals surface area contributed by atoms with E-state index in [-0.39, 0.29) is 0 Å². The van der Waals surface area contributed by atoms with Gasteiger partial charge in [0.25, 0.3) is 0 Å². The fraction of sp³-hybridized carbons (Fsp3) is 0.714. The van der Waals surface area contributed by atoms with Gasteiger partial charge in [-0.15, -0.1) is 0 Å². The first kappa shape index (κ1) is 4.57. The van der Waals surface area contributed by atoms with Crippen molar-refractivity contribution in [1.29, 1.82) is 0 Å². The second-order valence-electron chi connectivity index (χ2n) is 2.70. The van der Waals surface area contributed by atoms with Crippen LogP contribution in [-0.2, 0) is 0 Å². The maximum Gasteiger partial charge on any atom is 0.0196 e. The van der Waals surface area contributed by atoms with Gasteiger partial charge >= 0.3 is 0 Å². The molecule has 2 aliphatic heterocycles. The molecule has 44 valence electrons. The number of piperidine rings is 1. The molecule has 1 unspecified atom stereocenters. The first-order valence-electron chi connectivity index (χ1n) is 3.35. The molecule has 2 rings (SSSR count). The standard InChI is InChI=1S/C7H11N/c1-2-7-3-5-8(4-1)6-7/h3H,1-2,4-6H2. The van der Waals surface area contributed by atoms with Crippen LogP contribution in [0.4, 0.5) is 0 Å². The molecular formula is C7H11N. The Bertz CT molecular complexity index is 126. The molecule has 1 heteroatoms. The SMILES string of the molecule is C1=C2CCCN(C1)C2. The monoisotopic (exact) mass is 109 g/mol. The summed E-state index contributed by atoms with van der Waals surface area (Å²) in [5.74, 6) is 0. The van der Waals surface area contributed by atoms with E-state index < -0.39 is 0 Å². The van der Waals surface area contributed by atoms with Gasteiger partial charge in [0.05, 0.1) is 0 Å². The second kappa shape index (κ2) is 1.59. The molecule has 0 aromatic rings. The van der Waals surface area contributed by atoms with E-state index in [4.69, 9.17) is 0 Å². The molecule has 1 fully saturated rings. The molecule has 0 aliphatic carbocycles. The second-order valence-corrected chi connectivity index (χ2v) is 2.70. The van der Waals surface area contributed by atoms with E-state index in [1.165, 1.54) is 32.5 Å². The summed E-state index contributed by atoms with van der Waals surface area (Å²) in [6.45, 7) is 3.84. The summed E-state index contributed by atoms with van der Waals surface area (Å²) in [6, 6.07) is 0. The van der Waals surface area contributed by atoms with Crippen LogP contribution in [-0.4, -0.2) is 24.5 Å². The van der Waals surface area contributed by atoms with Crippen molar-refractivity contribution in [2.75, 3.05) is 19.6 Å². The van der Waals surface area contributed by atoms with Gasteiger partial charge in [-0.3, -0.25) is 4.90 Å². The van der Waals surface area contributed by atoms with Gasteiger partial charge in [0.1, 0.15) is 0 Å². The van der Waals surface area contributed by atoms with Crippen LogP contribution in [0.3, 0.4) is 0 Å². The van der Waals surface area contributed by atoms with Gasteiger partial charge in [0, 0.05) is 13.1 Å². The van der Waals surface area contributed by atoms with Gasteiger partial charge in [-0.1, -0.05) is 11.6 Å². The Morgan fingerprint density at radius 1 is 1.50 bits per heavy atom. The van der Waals surface area contributed by atoms with Crippen LogP contribution >= 0.6 is 0 Å². The van der Waals surface area contributed by atoms with Gasteiger partial charge in [-0.2, -0.15) is 0 Å². The highest BCUT2D eigenvalue weighted by Crippen LogP contribution is 2.19. The quantitative estimate of drug-likeness (QED) is 0.420. The minimum atomic E-state index is 1.23. The molecule has 1 saturated heterocycles.